The van der Waals surface area contributed by atoms with Crippen molar-refractivity contribution in [3.8, 4) is 5.75 Å². The lowest BCUT2D eigenvalue weighted by atomic mass is 10.1. The van der Waals surface area contributed by atoms with Crippen LogP contribution in [-0.4, -0.2) is 29.0 Å². The maximum atomic E-state index is 13.3. The smallest absolute Gasteiger partial charge is 0.335 e. The molecule has 1 aromatic heterocycles. The topological polar surface area (TPSA) is 80.6 Å². The second-order valence-electron chi connectivity index (χ2n) is 8.39. The number of hydrogen-bond donors (Lipinski definition) is 1. The molecule has 5 rings (SSSR count). The SMILES string of the molecule is Cc1ccc(OCCn2cc(/C=C3/C(=O)NC(=O)N(c4ccc(Br)cc4)C3=O)c3ccccc32)cc1. The van der Waals surface area contributed by atoms with E-state index in [1.54, 1.807) is 24.3 Å². The number of carbonyl (C=O) groups excluding carboxylic acids is 3. The third-order valence-corrected chi connectivity index (χ3v) is 6.46. The molecule has 180 valence electrons. The lowest BCUT2D eigenvalue weighted by Gasteiger charge is -2.26. The molecule has 4 aromatic rings. The average Bonchev–Trinajstić information content (AvgIpc) is 3.21. The van der Waals surface area contributed by atoms with Gasteiger partial charge < -0.3 is 9.30 Å². The number of carbonyl (C=O) groups is 3. The van der Waals surface area contributed by atoms with E-state index in [2.05, 4.69) is 21.2 Å². The zero-order valence-corrected chi connectivity index (χ0v) is 21.0. The normalized spacial score (nSPS) is 15.0. The Morgan fingerprint density at radius 3 is 2.42 bits per heavy atom. The van der Waals surface area contributed by atoms with Crippen molar-refractivity contribution in [1.29, 1.82) is 0 Å². The molecule has 1 aliphatic rings. The summed E-state index contributed by atoms with van der Waals surface area (Å²) in [5.41, 5.74) is 3.06. The van der Waals surface area contributed by atoms with Crippen LogP contribution in [-0.2, 0) is 16.1 Å². The monoisotopic (exact) mass is 543 g/mol. The highest BCUT2D eigenvalue weighted by Crippen LogP contribution is 2.27. The summed E-state index contributed by atoms with van der Waals surface area (Å²) in [7, 11) is 0. The first-order chi connectivity index (χ1) is 17.4. The van der Waals surface area contributed by atoms with Gasteiger partial charge in [0.1, 0.15) is 17.9 Å². The second kappa shape index (κ2) is 9.83. The van der Waals surface area contributed by atoms with E-state index in [4.69, 9.17) is 4.74 Å². The molecule has 0 saturated carbocycles. The molecule has 1 N–H and O–H groups in total. The molecular weight excluding hydrogens is 522 g/mol. The highest BCUT2D eigenvalue weighted by atomic mass is 79.9. The van der Waals surface area contributed by atoms with Crippen LogP contribution in [0.5, 0.6) is 5.75 Å². The number of imide groups is 2. The number of barbiturate groups is 1. The van der Waals surface area contributed by atoms with Crippen molar-refractivity contribution in [2.24, 2.45) is 0 Å². The Morgan fingerprint density at radius 2 is 1.67 bits per heavy atom. The molecule has 3 aromatic carbocycles. The fraction of sp³-hybridized carbons (Fsp3) is 0.107. The fourth-order valence-corrected chi connectivity index (χ4v) is 4.37. The summed E-state index contributed by atoms with van der Waals surface area (Å²) < 4.78 is 8.72. The number of nitrogens with one attached hydrogen (secondary N) is 1. The minimum Gasteiger partial charge on any atom is -0.492 e. The summed E-state index contributed by atoms with van der Waals surface area (Å²) in [6, 6.07) is 21.5. The van der Waals surface area contributed by atoms with E-state index in [0.29, 0.717) is 24.4 Å². The quantitative estimate of drug-likeness (QED) is 0.258. The Hall–Kier alpha value is -4.17. The number of fused-ring (bicyclic) bond motifs is 1. The van der Waals surface area contributed by atoms with Crippen LogP contribution in [0.4, 0.5) is 10.5 Å². The molecule has 7 nitrogen and oxygen atoms in total. The number of para-hydroxylation sites is 1. The first-order valence-electron chi connectivity index (χ1n) is 11.3. The van der Waals surface area contributed by atoms with Gasteiger partial charge in [-0.15, -0.1) is 0 Å². The van der Waals surface area contributed by atoms with Crippen LogP contribution < -0.4 is 15.0 Å². The molecule has 8 heteroatoms. The second-order valence-corrected chi connectivity index (χ2v) is 9.31. The first-order valence-corrected chi connectivity index (χ1v) is 12.1. The molecule has 2 heterocycles. The summed E-state index contributed by atoms with van der Waals surface area (Å²) in [6.45, 7) is 3.04. The van der Waals surface area contributed by atoms with Gasteiger partial charge in [0.25, 0.3) is 11.8 Å². The van der Waals surface area contributed by atoms with Gasteiger partial charge in [0.2, 0.25) is 0 Å². The Labute approximate surface area is 216 Å². The minimum absolute atomic E-state index is 0.115. The van der Waals surface area contributed by atoms with Crippen LogP contribution in [0.2, 0.25) is 0 Å². The number of ether oxygens (including phenoxy) is 1. The maximum absolute atomic E-state index is 13.3. The largest absolute Gasteiger partial charge is 0.492 e. The highest BCUT2D eigenvalue weighted by molar-refractivity contribution is 9.10. The highest BCUT2D eigenvalue weighted by Gasteiger charge is 2.37. The van der Waals surface area contributed by atoms with E-state index in [1.165, 1.54) is 6.08 Å². The summed E-state index contributed by atoms with van der Waals surface area (Å²) in [5, 5.41) is 3.16. The number of amides is 4. The first kappa shape index (κ1) is 23.6. The molecular formula is C28H22BrN3O4. The summed E-state index contributed by atoms with van der Waals surface area (Å²) in [5.74, 6) is -0.606. The molecule has 0 unspecified atom stereocenters. The minimum atomic E-state index is -0.778. The van der Waals surface area contributed by atoms with Crippen molar-refractivity contribution < 1.29 is 19.1 Å². The van der Waals surface area contributed by atoms with Crippen molar-refractivity contribution in [2.45, 2.75) is 13.5 Å². The van der Waals surface area contributed by atoms with Crippen LogP contribution in [0, 0.1) is 6.92 Å². The van der Waals surface area contributed by atoms with Gasteiger partial charge in [-0.1, -0.05) is 51.8 Å². The van der Waals surface area contributed by atoms with Crippen LogP contribution in [0.15, 0.2) is 89.0 Å². The fourth-order valence-electron chi connectivity index (χ4n) is 4.11. The number of halogens is 1. The van der Waals surface area contributed by atoms with Crippen molar-refractivity contribution >= 4 is 56.4 Å². The molecule has 1 aliphatic heterocycles. The van der Waals surface area contributed by atoms with E-state index >= 15 is 0 Å². The third-order valence-electron chi connectivity index (χ3n) is 5.93. The van der Waals surface area contributed by atoms with Gasteiger partial charge in [-0.3, -0.25) is 14.9 Å². The Kier molecular flexibility index (Phi) is 6.43. The van der Waals surface area contributed by atoms with Gasteiger partial charge in [0.15, 0.2) is 0 Å². The molecule has 0 atom stereocenters. The van der Waals surface area contributed by atoms with E-state index in [1.807, 2.05) is 66.2 Å². The van der Waals surface area contributed by atoms with E-state index in [0.717, 1.165) is 31.6 Å². The van der Waals surface area contributed by atoms with Gasteiger partial charge in [-0.2, -0.15) is 0 Å². The maximum Gasteiger partial charge on any atom is 0.335 e. The van der Waals surface area contributed by atoms with Crippen molar-refractivity contribution in [1.82, 2.24) is 9.88 Å². The molecule has 0 radical (unpaired) electrons. The van der Waals surface area contributed by atoms with Crippen LogP contribution >= 0.6 is 15.9 Å². The van der Waals surface area contributed by atoms with Crippen molar-refractivity contribution in [3.63, 3.8) is 0 Å². The number of benzene rings is 3. The number of rotatable bonds is 6. The van der Waals surface area contributed by atoms with Gasteiger partial charge in [-0.05, 0) is 55.5 Å². The Morgan fingerprint density at radius 1 is 0.944 bits per heavy atom. The number of anilines is 1. The predicted molar refractivity (Wildman–Crippen MR) is 142 cm³/mol. The molecule has 36 heavy (non-hydrogen) atoms. The van der Waals surface area contributed by atoms with Crippen molar-refractivity contribution in [2.75, 3.05) is 11.5 Å². The molecule has 1 saturated heterocycles. The van der Waals surface area contributed by atoms with Crippen molar-refractivity contribution in [3.05, 3.63) is 100 Å². The van der Waals surface area contributed by atoms with E-state index in [-0.39, 0.29) is 5.57 Å². The number of aromatic nitrogens is 1. The zero-order chi connectivity index (χ0) is 25.2. The van der Waals surface area contributed by atoms with Gasteiger partial charge >= 0.3 is 6.03 Å². The summed E-state index contributed by atoms with van der Waals surface area (Å²) in [4.78, 5) is 39.4. The van der Waals surface area contributed by atoms with Crippen LogP contribution in [0.3, 0.4) is 0 Å². The van der Waals surface area contributed by atoms with Gasteiger partial charge in [0.05, 0.1) is 12.2 Å². The third kappa shape index (κ3) is 4.67. The molecule has 0 bridgehead atoms. The average molecular weight is 544 g/mol. The molecule has 4 amide bonds. The standard InChI is InChI=1S/C28H22BrN3O4/c1-18-6-12-22(13-7-18)36-15-14-31-17-19(23-4-2-3-5-25(23)31)16-24-26(33)30-28(35)32(27(24)34)21-10-8-20(29)9-11-21/h2-13,16-17H,14-15H2,1H3,(H,30,33,35)/b24-16-. The Balaban J connectivity index is 1.44. The predicted octanol–water partition coefficient (Wildman–Crippen LogP) is 5.46. The number of urea groups is 1. The van der Waals surface area contributed by atoms with E-state index < -0.39 is 17.8 Å². The van der Waals surface area contributed by atoms with Crippen LogP contribution in [0.1, 0.15) is 11.1 Å². The lowest BCUT2D eigenvalue weighted by molar-refractivity contribution is -0.122. The summed E-state index contributed by atoms with van der Waals surface area (Å²) in [6.07, 6.45) is 3.42. The molecule has 0 aliphatic carbocycles. The van der Waals surface area contributed by atoms with Gasteiger partial charge in [-0.25, -0.2) is 9.69 Å². The summed E-state index contributed by atoms with van der Waals surface area (Å²) >= 11 is 3.34. The Bertz CT molecular complexity index is 1500. The molecule has 1 fully saturated rings. The number of aryl methyl sites for hydroxylation is 1. The lowest BCUT2D eigenvalue weighted by Crippen LogP contribution is -2.54. The number of nitrogens with zero attached hydrogens (tertiary/aromatic N) is 2. The van der Waals surface area contributed by atoms with Crippen LogP contribution in [0.25, 0.3) is 17.0 Å². The molecule has 0 spiro atoms. The zero-order valence-electron chi connectivity index (χ0n) is 19.4. The van der Waals surface area contributed by atoms with Gasteiger partial charge in [0, 0.05) is 27.1 Å². The number of hydrogen-bond acceptors (Lipinski definition) is 4. The van der Waals surface area contributed by atoms with E-state index in [9.17, 15) is 14.4 Å².